The Morgan fingerprint density at radius 1 is 1.70 bits per heavy atom. The van der Waals surface area contributed by atoms with Crippen molar-refractivity contribution >= 4 is 15.9 Å². The van der Waals surface area contributed by atoms with Crippen LogP contribution in [-0.4, -0.2) is 9.55 Å². The van der Waals surface area contributed by atoms with Gasteiger partial charge in [-0.05, 0) is 19.3 Å². The number of aryl methyl sites for hydroxylation is 1. The Morgan fingerprint density at radius 2 is 2.60 bits per heavy atom. The molecule has 0 N–H and O–H groups in total. The van der Waals surface area contributed by atoms with Crippen LogP contribution in [0.5, 0.6) is 0 Å². The van der Waals surface area contributed by atoms with Crippen molar-refractivity contribution in [2.45, 2.75) is 24.2 Å². The Labute approximate surface area is 68.4 Å². The SMILES string of the molecule is BrC1CCCc2cncn21. The summed E-state index contributed by atoms with van der Waals surface area (Å²) in [6.45, 7) is 0. The van der Waals surface area contributed by atoms with Gasteiger partial charge in [-0.1, -0.05) is 15.9 Å². The zero-order valence-electron chi connectivity index (χ0n) is 5.63. The normalized spacial score (nSPS) is 24.3. The van der Waals surface area contributed by atoms with Gasteiger partial charge in [-0.2, -0.15) is 0 Å². The highest BCUT2D eigenvalue weighted by Crippen LogP contribution is 2.28. The monoisotopic (exact) mass is 200 g/mol. The van der Waals surface area contributed by atoms with Crippen LogP contribution in [0.1, 0.15) is 23.5 Å². The molecule has 0 saturated carbocycles. The second-order valence-corrected chi connectivity index (χ2v) is 3.68. The van der Waals surface area contributed by atoms with Crippen molar-refractivity contribution in [2.24, 2.45) is 0 Å². The van der Waals surface area contributed by atoms with Crippen molar-refractivity contribution in [1.82, 2.24) is 9.55 Å². The summed E-state index contributed by atoms with van der Waals surface area (Å²) in [6, 6.07) is 0. The fourth-order valence-corrected chi connectivity index (χ4v) is 2.06. The summed E-state index contributed by atoms with van der Waals surface area (Å²) in [5.74, 6) is 0. The van der Waals surface area contributed by atoms with Crippen LogP contribution in [-0.2, 0) is 6.42 Å². The van der Waals surface area contributed by atoms with Crippen molar-refractivity contribution in [2.75, 3.05) is 0 Å². The molecule has 54 valence electrons. The summed E-state index contributed by atoms with van der Waals surface area (Å²) in [5, 5.41) is 0. The first-order chi connectivity index (χ1) is 4.88. The van der Waals surface area contributed by atoms with E-state index in [2.05, 4.69) is 25.5 Å². The molecule has 2 heterocycles. The van der Waals surface area contributed by atoms with E-state index in [1.54, 1.807) is 0 Å². The molecule has 1 aromatic rings. The van der Waals surface area contributed by atoms with Crippen LogP contribution in [0.15, 0.2) is 12.5 Å². The fourth-order valence-electron chi connectivity index (χ4n) is 1.37. The van der Waals surface area contributed by atoms with Gasteiger partial charge in [0.05, 0.1) is 11.3 Å². The number of halogens is 1. The number of aromatic nitrogens is 2. The molecule has 0 radical (unpaired) electrons. The van der Waals surface area contributed by atoms with Crippen molar-refractivity contribution in [1.29, 1.82) is 0 Å². The van der Waals surface area contributed by atoms with Crippen LogP contribution < -0.4 is 0 Å². The minimum absolute atomic E-state index is 0.485. The van der Waals surface area contributed by atoms with E-state index in [0.717, 1.165) is 0 Å². The van der Waals surface area contributed by atoms with E-state index in [-0.39, 0.29) is 0 Å². The van der Waals surface area contributed by atoms with Crippen LogP contribution in [0.4, 0.5) is 0 Å². The number of hydrogen-bond donors (Lipinski definition) is 0. The molecule has 1 unspecified atom stereocenters. The van der Waals surface area contributed by atoms with Crippen molar-refractivity contribution in [3.63, 3.8) is 0 Å². The number of alkyl halides is 1. The third kappa shape index (κ3) is 0.888. The first kappa shape index (κ1) is 6.40. The molecular weight excluding hydrogens is 192 g/mol. The van der Waals surface area contributed by atoms with E-state index in [1.165, 1.54) is 25.0 Å². The van der Waals surface area contributed by atoms with E-state index in [4.69, 9.17) is 0 Å². The standard InChI is InChI=1S/C7H9BrN2/c8-7-3-1-2-6-4-9-5-10(6)7/h4-5,7H,1-3H2. The lowest BCUT2D eigenvalue weighted by atomic mass is 10.1. The van der Waals surface area contributed by atoms with E-state index in [1.807, 2.05) is 12.5 Å². The lowest BCUT2D eigenvalue weighted by Crippen LogP contribution is -2.10. The van der Waals surface area contributed by atoms with Crippen molar-refractivity contribution in [3.05, 3.63) is 18.2 Å². The smallest absolute Gasteiger partial charge is 0.0957 e. The molecule has 1 aromatic heterocycles. The number of fused-ring (bicyclic) bond motifs is 1. The molecule has 0 spiro atoms. The quantitative estimate of drug-likeness (QED) is 0.588. The molecule has 0 aliphatic carbocycles. The molecule has 0 saturated heterocycles. The zero-order chi connectivity index (χ0) is 6.97. The van der Waals surface area contributed by atoms with Crippen LogP contribution in [0, 0.1) is 0 Å². The summed E-state index contributed by atoms with van der Waals surface area (Å²) < 4.78 is 2.20. The number of hydrogen-bond acceptors (Lipinski definition) is 1. The highest BCUT2D eigenvalue weighted by Gasteiger charge is 2.15. The van der Waals surface area contributed by atoms with Gasteiger partial charge in [-0.3, -0.25) is 0 Å². The van der Waals surface area contributed by atoms with Crippen LogP contribution in [0.3, 0.4) is 0 Å². The first-order valence-electron chi connectivity index (χ1n) is 3.53. The molecule has 10 heavy (non-hydrogen) atoms. The fraction of sp³-hybridized carbons (Fsp3) is 0.571. The Balaban J connectivity index is 2.41. The molecule has 0 fully saturated rings. The largest absolute Gasteiger partial charge is 0.321 e. The maximum atomic E-state index is 4.09. The Kier molecular flexibility index (Phi) is 1.52. The molecule has 3 heteroatoms. The molecular formula is C7H9BrN2. The topological polar surface area (TPSA) is 17.8 Å². The van der Waals surface area contributed by atoms with E-state index < -0.39 is 0 Å². The summed E-state index contributed by atoms with van der Waals surface area (Å²) in [6.07, 6.45) is 7.54. The minimum Gasteiger partial charge on any atom is -0.321 e. The maximum Gasteiger partial charge on any atom is 0.0957 e. The molecule has 1 atom stereocenters. The Hall–Kier alpha value is -0.310. The Morgan fingerprint density at radius 3 is 3.40 bits per heavy atom. The lowest BCUT2D eigenvalue weighted by molar-refractivity contribution is 0.526. The first-order valence-corrected chi connectivity index (χ1v) is 4.44. The van der Waals surface area contributed by atoms with Gasteiger partial charge in [-0.15, -0.1) is 0 Å². The average molecular weight is 201 g/mol. The summed E-state index contributed by atoms with van der Waals surface area (Å²) in [4.78, 5) is 4.57. The molecule has 0 aromatic carbocycles. The van der Waals surface area contributed by atoms with Crippen molar-refractivity contribution < 1.29 is 0 Å². The highest BCUT2D eigenvalue weighted by atomic mass is 79.9. The Bertz CT molecular complexity index is 231. The second kappa shape index (κ2) is 2.38. The van der Waals surface area contributed by atoms with E-state index >= 15 is 0 Å². The summed E-state index contributed by atoms with van der Waals surface area (Å²) in [5.41, 5.74) is 1.35. The number of rotatable bonds is 0. The second-order valence-electron chi connectivity index (χ2n) is 2.62. The molecule has 0 amide bonds. The third-order valence-electron chi connectivity index (χ3n) is 1.92. The predicted molar refractivity (Wildman–Crippen MR) is 43.1 cm³/mol. The van der Waals surface area contributed by atoms with Crippen LogP contribution in [0.2, 0.25) is 0 Å². The predicted octanol–water partition coefficient (Wildman–Crippen LogP) is 2.11. The molecule has 1 aliphatic heterocycles. The summed E-state index contributed by atoms with van der Waals surface area (Å²) in [7, 11) is 0. The van der Waals surface area contributed by atoms with E-state index in [0.29, 0.717) is 4.95 Å². The van der Waals surface area contributed by atoms with E-state index in [9.17, 15) is 0 Å². The average Bonchev–Trinajstić information content (AvgIpc) is 2.36. The summed E-state index contributed by atoms with van der Waals surface area (Å²) >= 11 is 3.59. The van der Waals surface area contributed by atoms with Gasteiger partial charge in [0.25, 0.3) is 0 Å². The van der Waals surface area contributed by atoms with Crippen molar-refractivity contribution in [3.8, 4) is 0 Å². The number of nitrogens with zero attached hydrogens (tertiary/aromatic N) is 2. The van der Waals surface area contributed by atoms with Gasteiger partial charge in [0, 0.05) is 11.9 Å². The third-order valence-corrected chi connectivity index (χ3v) is 2.82. The zero-order valence-corrected chi connectivity index (χ0v) is 7.21. The molecule has 1 aliphatic rings. The van der Waals surface area contributed by atoms with Gasteiger partial charge >= 0.3 is 0 Å². The lowest BCUT2D eigenvalue weighted by Gasteiger charge is -2.19. The van der Waals surface area contributed by atoms with Gasteiger partial charge in [-0.25, -0.2) is 4.98 Å². The van der Waals surface area contributed by atoms with Crippen LogP contribution >= 0.6 is 15.9 Å². The van der Waals surface area contributed by atoms with Crippen LogP contribution in [0.25, 0.3) is 0 Å². The van der Waals surface area contributed by atoms with Gasteiger partial charge in [0.1, 0.15) is 0 Å². The molecule has 2 rings (SSSR count). The maximum absolute atomic E-state index is 4.09. The molecule has 0 bridgehead atoms. The van der Waals surface area contributed by atoms with Gasteiger partial charge in [0.15, 0.2) is 0 Å². The highest BCUT2D eigenvalue weighted by molar-refractivity contribution is 9.09. The van der Waals surface area contributed by atoms with Gasteiger partial charge < -0.3 is 4.57 Å². The minimum atomic E-state index is 0.485. The number of imidazole rings is 1. The molecule has 2 nitrogen and oxygen atoms in total. The van der Waals surface area contributed by atoms with Gasteiger partial charge in [0.2, 0.25) is 0 Å².